The highest BCUT2D eigenvalue weighted by molar-refractivity contribution is 7.81. The zero-order valence-corrected chi connectivity index (χ0v) is 5.56. The van der Waals surface area contributed by atoms with E-state index in [0.717, 1.165) is 0 Å². The molecule has 0 amide bonds. The van der Waals surface area contributed by atoms with Crippen LogP contribution in [-0.4, -0.2) is 6.61 Å². The summed E-state index contributed by atoms with van der Waals surface area (Å²) >= 11 is 5.13. The second-order valence-electron chi connectivity index (χ2n) is 1.20. The average molecular weight is 154 g/mol. The molecule has 0 radical (unpaired) electrons. The molecule has 1 rings (SSSR count). The molecule has 8 heavy (non-hydrogen) atoms. The van der Waals surface area contributed by atoms with Crippen LogP contribution in [0, 0.1) is 0 Å². The Morgan fingerprint density at radius 1 is 1.75 bits per heavy atom. The minimum Gasteiger partial charge on any atom is -0.422 e. The summed E-state index contributed by atoms with van der Waals surface area (Å²) < 4.78 is 19.4. The Bertz CT molecular complexity index is 155. The molecule has 0 N–H and O–H groups in total. The van der Waals surface area contributed by atoms with Gasteiger partial charge in [0.2, 0.25) is 0 Å². The molecule has 0 fully saturated rings. The van der Waals surface area contributed by atoms with Gasteiger partial charge in [-0.2, -0.15) is 0 Å². The maximum atomic E-state index is 10.5. The molecular formula is C3H4ClO3P. The molecule has 1 atom stereocenters. The highest BCUT2D eigenvalue weighted by Gasteiger charge is 2.21. The van der Waals surface area contributed by atoms with Crippen LogP contribution in [0.2, 0.25) is 0 Å². The van der Waals surface area contributed by atoms with Crippen molar-refractivity contribution in [3.05, 3.63) is 12.3 Å². The van der Waals surface area contributed by atoms with E-state index >= 15 is 0 Å². The third kappa shape index (κ3) is 1.51. The van der Waals surface area contributed by atoms with Gasteiger partial charge in [-0.3, -0.25) is 4.52 Å². The van der Waals surface area contributed by atoms with Crippen LogP contribution in [0.15, 0.2) is 12.3 Å². The van der Waals surface area contributed by atoms with Crippen molar-refractivity contribution in [3.63, 3.8) is 0 Å². The highest BCUT2D eigenvalue weighted by Crippen LogP contribution is 2.54. The first-order valence-corrected chi connectivity index (χ1v) is 4.43. The van der Waals surface area contributed by atoms with E-state index < -0.39 is 6.95 Å². The summed E-state index contributed by atoms with van der Waals surface area (Å²) in [5.74, 6) is 0. The van der Waals surface area contributed by atoms with Crippen molar-refractivity contribution >= 4 is 18.2 Å². The Kier molecular flexibility index (Phi) is 1.61. The highest BCUT2D eigenvalue weighted by atomic mass is 35.7. The van der Waals surface area contributed by atoms with Crippen molar-refractivity contribution in [3.8, 4) is 0 Å². The Hall–Kier alpha value is 0.0200. The number of hydrogen-bond acceptors (Lipinski definition) is 3. The van der Waals surface area contributed by atoms with Gasteiger partial charge in [0, 0.05) is 11.2 Å². The van der Waals surface area contributed by atoms with E-state index in [0.29, 0.717) is 0 Å². The summed E-state index contributed by atoms with van der Waals surface area (Å²) in [7, 11) is 0. The maximum absolute atomic E-state index is 10.5. The maximum Gasteiger partial charge on any atom is 0.476 e. The molecule has 46 valence electrons. The average Bonchev–Trinajstić information content (AvgIpc) is 1.65. The van der Waals surface area contributed by atoms with Crippen molar-refractivity contribution in [2.24, 2.45) is 0 Å². The summed E-state index contributed by atoms with van der Waals surface area (Å²) in [6, 6.07) is 0. The Morgan fingerprint density at radius 3 is 2.75 bits per heavy atom. The first-order valence-electron chi connectivity index (χ1n) is 1.98. The van der Waals surface area contributed by atoms with Gasteiger partial charge in [0.05, 0.1) is 12.9 Å². The minimum absolute atomic E-state index is 0.265. The zero-order valence-electron chi connectivity index (χ0n) is 3.91. The molecule has 0 saturated heterocycles. The van der Waals surface area contributed by atoms with Crippen molar-refractivity contribution in [1.82, 2.24) is 0 Å². The lowest BCUT2D eigenvalue weighted by Crippen LogP contribution is -1.91. The Morgan fingerprint density at radius 2 is 2.50 bits per heavy atom. The summed E-state index contributed by atoms with van der Waals surface area (Å²) in [4.78, 5) is 0. The minimum atomic E-state index is -3.20. The van der Waals surface area contributed by atoms with E-state index in [-0.39, 0.29) is 6.61 Å². The van der Waals surface area contributed by atoms with Gasteiger partial charge in [0.1, 0.15) is 0 Å². The fourth-order valence-electron chi connectivity index (χ4n) is 0.318. The predicted molar refractivity (Wildman–Crippen MR) is 29.6 cm³/mol. The molecule has 3 nitrogen and oxygen atoms in total. The van der Waals surface area contributed by atoms with Gasteiger partial charge in [-0.25, -0.2) is 4.57 Å². The van der Waals surface area contributed by atoms with Crippen LogP contribution in [0.5, 0.6) is 0 Å². The largest absolute Gasteiger partial charge is 0.476 e. The monoisotopic (exact) mass is 154 g/mol. The molecule has 0 aromatic rings. The van der Waals surface area contributed by atoms with Crippen LogP contribution in [0.3, 0.4) is 0 Å². The van der Waals surface area contributed by atoms with Gasteiger partial charge in [-0.1, -0.05) is 0 Å². The molecule has 0 saturated carbocycles. The van der Waals surface area contributed by atoms with Crippen molar-refractivity contribution in [2.75, 3.05) is 6.61 Å². The lowest BCUT2D eigenvalue weighted by atomic mass is 10.7. The zero-order chi connectivity index (χ0) is 6.04. The van der Waals surface area contributed by atoms with Crippen molar-refractivity contribution in [2.45, 2.75) is 0 Å². The second-order valence-corrected chi connectivity index (χ2v) is 3.78. The molecule has 1 unspecified atom stereocenters. The molecule has 0 aromatic heterocycles. The molecule has 5 heteroatoms. The van der Waals surface area contributed by atoms with Crippen molar-refractivity contribution in [1.29, 1.82) is 0 Å². The molecule has 1 aliphatic heterocycles. The SMILES string of the molecule is O=P1(Cl)OC=CCO1. The van der Waals surface area contributed by atoms with Crippen LogP contribution in [0.4, 0.5) is 0 Å². The van der Waals surface area contributed by atoms with Gasteiger partial charge in [0.25, 0.3) is 0 Å². The predicted octanol–water partition coefficient (Wildman–Crippen LogP) is 1.89. The van der Waals surface area contributed by atoms with Crippen LogP contribution >= 0.6 is 18.2 Å². The van der Waals surface area contributed by atoms with Crippen LogP contribution < -0.4 is 0 Å². The molecule has 0 bridgehead atoms. The third-order valence-electron chi connectivity index (χ3n) is 0.608. The van der Waals surface area contributed by atoms with Crippen LogP contribution in [0.1, 0.15) is 0 Å². The molecule has 1 heterocycles. The third-order valence-corrected chi connectivity index (χ3v) is 1.97. The number of rotatable bonds is 0. The molecule has 0 spiro atoms. The first kappa shape index (κ1) is 6.14. The lowest BCUT2D eigenvalue weighted by Gasteiger charge is -2.11. The second kappa shape index (κ2) is 2.09. The molecule has 1 aliphatic rings. The van der Waals surface area contributed by atoms with Gasteiger partial charge in [-0.05, 0) is 6.08 Å². The topological polar surface area (TPSA) is 35.5 Å². The molecule has 0 aromatic carbocycles. The van der Waals surface area contributed by atoms with E-state index in [1.165, 1.54) is 6.26 Å². The molecular weight excluding hydrogens is 150 g/mol. The number of hydrogen-bond donors (Lipinski definition) is 0. The van der Waals surface area contributed by atoms with Gasteiger partial charge < -0.3 is 4.52 Å². The standard InChI is InChI=1S/C3H4ClO3P/c4-8(5)6-2-1-3-7-8/h1-2H,3H2. The normalized spacial score (nSPS) is 36.6. The van der Waals surface area contributed by atoms with Crippen molar-refractivity contribution < 1.29 is 13.6 Å². The van der Waals surface area contributed by atoms with E-state index in [2.05, 4.69) is 9.05 Å². The quantitative estimate of drug-likeness (QED) is 0.500. The summed E-state index contributed by atoms with van der Waals surface area (Å²) in [6.45, 7) is -2.94. The summed E-state index contributed by atoms with van der Waals surface area (Å²) in [5, 5.41) is 0. The van der Waals surface area contributed by atoms with Crippen LogP contribution in [0.25, 0.3) is 0 Å². The summed E-state index contributed by atoms with van der Waals surface area (Å²) in [6.07, 6.45) is 2.86. The first-order chi connectivity index (χ1) is 3.71. The van der Waals surface area contributed by atoms with Gasteiger partial charge in [-0.15, -0.1) is 0 Å². The van der Waals surface area contributed by atoms with Crippen LogP contribution in [-0.2, 0) is 13.6 Å². The van der Waals surface area contributed by atoms with E-state index in [4.69, 9.17) is 11.2 Å². The Balaban J connectivity index is 2.63. The van der Waals surface area contributed by atoms with Gasteiger partial charge in [0.15, 0.2) is 0 Å². The fraction of sp³-hybridized carbons (Fsp3) is 0.333. The molecule has 0 aliphatic carbocycles. The van der Waals surface area contributed by atoms with E-state index in [1.807, 2.05) is 0 Å². The summed E-state index contributed by atoms with van der Waals surface area (Å²) in [5.41, 5.74) is 0. The smallest absolute Gasteiger partial charge is 0.422 e. The van der Waals surface area contributed by atoms with E-state index in [1.54, 1.807) is 6.08 Å². The van der Waals surface area contributed by atoms with E-state index in [9.17, 15) is 4.57 Å². The van der Waals surface area contributed by atoms with Gasteiger partial charge >= 0.3 is 6.95 Å². The Labute approximate surface area is 51.6 Å². The fourth-order valence-corrected chi connectivity index (χ4v) is 1.18. The lowest BCUT2D eigenvalue weighted by molar-refractivity contribution is 0.270. The number of halogens is 1.